The van der Waals surface area contributed by atoms with Crippen molar-refractivity contribution in [1.29, 1.82) is 0 Å². The molecule has 0 bridgehead atoms. The van der Waals surface area contributed by atoms with E-state index in [1.165, 1.54) is 12.1 Å². The number of hydrogen-bond donors (Lipinski definition) is 3. The number of urea groups is 1. The standard InChI is InChI=1S/C20H19F3N4O2/c1-19(2)11-16(28)26-27-17(19)12-4-3-5-15(10-12)25-18(29)24-14-8-6-13(7-9-14)20(21,22)23/h3-10H,11H2,1-2H3,(H,26,28)(H2,24,25,29). The highest BCUT2D eigenvalue weighted by atomic mass is 19.4. The van der Waals surface area contributed by atoms with E-state index in [0.717, 1.165) is 17.7 Å². The average Bonchev–Trinajstić information content (AvgIpc) is 2.60. The molecule has 0 aliphatic carbocycles. The molecule has 1 aliphatic heterocycles. The van der Waals surface area contributed by atoms with Crippen molar-refractivity contribution in [2.45, 2.75) is 26.4 Å². The third kappa shape index (κ3) is 4.92. The van der Waals surface area contributed by atoms with E-state index in [-0.39, 0.29) is 18.0 Å². The quantitative estimate of drug-likeness (QED) is 0.699. The highest BCUT2D eigenvalue weighted by Crippen LogP contribution is 2.31. The van der Waals surface area contributed by atoms with Gasteiger partial charge < -0.3 is 10.6 Å². The number of amides is 3. The Balaban J connectivity index is 1.70. The molecule has 3 N–H and O–H groups in total. The summed E-state index contributed by atoms with van der Waals surface area (Å²) in [6.07, 6.45) is -4.14. The number of hydrazone groups is 1. The van der Waals surface area contributed by atoms with Crippen LogP contribution in [0.15, 0.2) is 53.6 Å². The third-order valence-corrected chi connectivity index (χ3v) is 4.40. The fourth-order valence-corrected chi connectivity index (χ4v) is 3.03. The molecule has 0 saturated carbocycles. The topological polar surface area (TPSA) is 82.6 Å². The molecule has 0 unspecified atom stereocenters. The number of rotatable bonds is 3. The summed E-state index contributed by atoms with van der Waals surface area (Å²) >= 11 is 0. The molecule has 2 aromatic rings. The van der Waals surface area contributed by atoms with E-state index in [9.17, 15) is 22.8 Å². The van der Waals surface area contributed by atoms with Crippen molar-refractivity contribution < 1.29 is 22.8 Å². The SMILES string of the molecule is CC1(C)CC(=O)NN=C1c1cccc(NC(=O)Nc2ccc(C(F)(F)F)cc2)c1. The van der Waals surface area contributed by atoms with E-state index < -0.39 is 23.2 Å². The molecular formula is C20H19F3N4O2. The summed E-state index contributed by atoms with van der Waals surface area (Å²) < 4.78 is 37.8. The number of carbonyl (C=O) groups is 2. The van der Waals surface area contributed by atoms with Gasteiger partial charge in [0.15, 0.2) is 0 Å². The summed E-state index contributed by atoms with van der Waals surface area (Å²) in [6.45, 7) is 3.81. The third-order valence-electron chi connectivity index (χ3n) is 4.40. The number of hydrogen-bond acceptors (Lipinski definition) is 3. The zero-order valence-electron chi connectivity index (χ0n) is 15.7. The van der Waals surface area contributed by atoms with Gasteiger partial charge in [0.05, 0.1) is 11.3 Å². The summed E-state index contributed by atoms with van der Waals surface area (Å²) in [6, 6.07) is 10.5. The van der Waals surface area contributed by atoms with Crippen LogP contribution in [-0.2, 0) is 11.0 Å². The summed E-state index contributed by atoms with van der Waals surface area (Å²) in [5.41, 5.74) is 3.33. The second kappa shape index (κ2) is 7.57. The first-order chi connectivity index (χ1) is 13.5. The van der Waals surface area contributed by atoms with Crippen LogP contribution in [0.3, 0.4) is 0 Å². The molecule has 0 spiro atoms. The first-order valence-electron chi connectivity index (χ1n) is 8.77. The maximum Gasteiger partial charge on any atom is 0.416 e. The molecule has 0 fully saturated rings. The Morgan fingerprint density at radius 1 is 1.07 bits per heavy atom. The van der Waals surface area contributed by atoms with Crippen molar-refractivity contribution in [3.05, 3.63) is 59.7 Å². The van der Waals surface area contributed by atoms with Crippen LogP contribution in [0.5, 0.6) is 0 Å². The van der Waals surface area contributed by atoms with Gasteiger partial charge in [0, 0.05) is 28.8 Å². The minimum absolute atomic E-state index is 0.163. The molecule has 152 valence electrons. The van der Waals surface area contributed by atoms with E-state index in [4.69, 9.17) is 0 Å². The van der Waals surface area contributed by atoms with Gasteiger partial charge in [-0.15, -0.1) is 0 Å². The van der Waals surface area contributed by atoms with Gasteiger partial charge in [0.1, 0.15) is 0 Å². The zero-order chi connectivity index (χ0) is 21.2. The molecule has 3 amide bonds. The molecule has 0 saturated heterocycles. The van der Waals surface area contributed by atoms with Crippen molar-refractivity contribution in [2.75, 3.05) is 10.6 Å². The van der Waals surface area contributed by atoms with Crippen LogP contribution in [0.25, 0.3) is 0 Å². The van der Waals surface area contributed by atoms with Crippen molar-refractivity contribution in [3.63, 3.8) is 0 Å². The van der Waals surface area contributed by atoms with Crippen molar-refractivity contribution in [2.24, 2.45) is 10.5 Å². The average molecular weight is 404 g/mol. The van der Waals surface area contributed by atoms with Crippen molar-refractivity contribution in [3.8, 4) is 0 Å². The monoisotopic (exact) mass is 404 g/mol. The summed E-state index contributed by atoms with van der Waals surface area (Å²) in [4.78, 5) is 23.8. The number of anilines is 2. The first-order valence-corrected chi connectivity index (χ1v) is 8.77. The second-order valence-electron chi connectivity index (χ2n) is 7.29. The number of carbonyl (C=O) groups excluding carboxylic acids is 2. The zero-order valence-corrected chi connectivity index (χ0v) is 15.7. The molecule has 9 heteroatoms. The minimum atomic E-state index is -4.43. The molecule has 1 aliphatic rings. The van der Waals surface area contributed by atoms with Gasteiger partial charge >= 0.3 is 12.2 Å². The van der Waals surface area contributed by atoms with Crippen LogP contribution in [0, 0.1) is 5.41 Å². The smallest absolute Gasteiger partial charge is 0.308 e. The molecule has 1 heterocycles. The molecule has 0 aromatic heterocycles. The van der Waals surface area contributed by atoms with Crippen LogP contribution in [0.1, 0.15) is 31.4 Å². The van der Waals surface area contributed by atoms with Crippen LogP contribution < -0.4 is 16.1 Å². The van der Waals surface area contributed by atoms with Crippen LogP contribution >= 0.6 is 0 Å². The minimum Gasteiger partial charge on any atom is -0.308 e. The Labute approximate surface area is 165 Å². The van der Waals surface area contributed by atoms with Gasteiger partial charge in [-0.25, -0.2) is 10.2 Å². The van der Waals surface area contributed by atoms with E-state index in [1.54, 1.807) is 18.2 Å². The van der Waals surface area contributed by atoms with Crippen molar-refractivity contribution >= 4 is 29.0 Å². The van der Waals surface area contributed by atoms with Gasteiger partial charge in [-0.2, -0.15) is 18.3 Å². The highest BCUT2D eigenvalue weighted by molar-refractivity contribution is 6.09. The molecular weight excluding hydrogens is 385 g/mol. The molecule has 0 atom stereocenters. The summed E-state index contributed by atoms with van der Waals surface area (Å²) in [5, 5.41) is 9.27. The Bertz CT molecular complexity index is 966. The van der Waals surface area contributed by atoms with Crippen LogP contribution in [-0.4, -0.2) is 17.6 Å². The molecule has 0 radical (unpaired) electrons. The number of alkyl halides is 3. The number of nitrogens with one attached hydrogen (secondary N) is 3. The Morgan fingerprint density at radius 3 is 2.34 bits per heavy atom. The Hall–Kier alpha value is -3.36. The molecule has 3 rings (SSSR count). The lowest BCUT2D eigenvalue weighted by molar-refractivity contribution is -0.137. The van der Waals surface area contributed by atoms with E-state index in [2.05, 4.69) is 21.2 Å². The van der Waals surface area contributed by atoms with E-state index >= 15 is 0 Å². The summed E-state index contributed by atoms with van der Waals surface area (Å²) in [7, 11) is 0. The first kappa shape index (κ1) is 20.4. The Morgan fingerprint density at radius 2 is 1.72 bits per heavy atom. The number of nitrogens with zero attached hydrogens (tertiary/aromatic N) is 1. The lowest BCUT2D eigenvalue weighted by atomic mass is 9.79. The lowest BCUT2D eigenvalue weighted by Gasteiger charge is -2.29. The van der Waals surface area contributed by atoms with Crippen molar-refractivity contribution in [1.82, 2.24) is 5.43 Å². The van der Waals surface area contributed by atoms with Gasteiger partial charge in [-0.1, -0.05) is 26.0 Å². The van der Waals surface area contributed by atoms with Gasteiger partial charge in [-0.05, 0) is 36.4 Å². The number of halogens is 3. The second-order valence-corrected chi connectivity index (χ2v) is 7.29. The molecule has 6 nitrogen and oxygen atoms in total. The largest absolute Gasteiger partial charge is 0.416 e. The fraction of sp³-hybridized carbons (Fsp3) is 0.250. The highest BCUT2D eigenvalue weighted by Gasteiger charge is 2.33. The maximum absolute atomic E-state index is 12.6. The van der Waals surface area contributed by atoms with E-state index in [1.807, 2.05) is 19.9 Å². The van der Waals surface area contributed by atoms with Gasteiger partial charge in [0.25, 0.3) is 0 Å². The fourth-order valence-electron chi connectivity index (χ4n) is 3.03. The lowest BCUT2D eigenvalue weighted by Crippen LogP contribution is -2.39. The van der Waals surface area contributed by atoms with Crippen LogP contribution in [0.4, 0.5) is 29.3 Å². The van der Waals surface area contributed by atoms with Gasteiger partial charge in [0.2, 0.25) is 5.91 Å². The van der Waals surface area contributed by atoms with Crippen LogP contribution in [0.2, 0.25) is 0 Å². The molecule has 2 aromatic carbocycles. The predicted molar refractivity (Wildman–Crippen MR) is 104 cm³/mol. The summed E-state index contributed by atoms with van der Waals surface area (Å²) in [5.74, 6) is -0.163. The predicted octanol–water partition coefficient (Wildman–Crippen LogP) is 4.60. The number of benzene rings is 2. The Kier molecular flexibility index (Phi) is 5.32. The van der Waals surface area contributed by atoms with Gasteiger partial charge in [-0.3, -0.25) is 4.79 Å². The maximum atomic E-state index is 12.6. The van der Waals surface area contributed by atoms with E-state index in [0.29, 0.717) is 11.4 Å². The normalized spacial score (nSPS) is 15.9. The molecule has 29 heavy (non-hydrogen) atoms.